The Labute approximate surface area is 133 Å². The summed E-state index contributed by atoms with van der Waals surface area (Å²) in [6.07, 6.45) is 6.44. The van der Waals surface area contributed by atoms with Gasteiger partial charge in [0.15, 0.2) is 0 Å². The van der Waals surface area contributed by atoms with Crippen molar-refractivity contribution in [2.45, 2.75) is 40.0 Å². The monoisotopic (exact) mass is 310 g/mol. The molecule has 0 amide bonds. The molecule has 2 nitrogen and oxygen atoms in total. The number of hydrogen-bond donors (Lipinski definition) is 0. The molecule has 4 heteroatoms. The van der Waals surface area contributed by atoms with Gasteiger partial charge in [0.1, 0.15) is 5.82 Å². The molecule has 0 N–H and O–H groups in total. The number of benzene rings is 1. The third-order valence-corrected chi connectivity index (χ3v) is 2.64. The van der Waals surface area contributed by atoms with Crippen LogP contribution in [0.5, 0.6) is 0 Å². The maximum absolute atomic E-state index is 10.2. The van der Waals surface area contributed by atoms with Crippen molar-refractivity contribution in [3.63, 3.8) is 0 Å². The molecule has 2 rings (SSSR count). The van der Waals surface area contributed by atoms with Crippen molar-refractivity contribution < 1.29 is 3.89 Å². The topological polar surface area (TPSA) is 17.8 Å². The van der Waals surface area contributed by atoms with Crippen LogP contribution in [0.15, 0.2) is 36.7 Å². The largest absolute Gasteiger partial charge is 0.334 e. The molecule has 0 atom stereocenters. The standard InChI is InChI=1S/C13H16N2.C3H8.CH3FS/c1-10(2)11-6-4-5-7-12(11)13-14-8-9-15(13)3;2*1-3-2/h4-10H,1-3H3;3H2,1-2H3;1H3. The first-order valence-corrected chi connectivity index (χ1v) is 8.37. The van der Waals surface area contributed by atoms with Crippen LogP contribution in [-0.2, 0) is 7.05 Å². The van der Waals surface area contributed by atoms with Crippen LogP contribution >= 0.6 is 12.1 Å². The van der Waals surface area contributed by atoms with Crippen LogP contribution in [-0.4, -0.2) is 15.8 Å². The van der Waals surface area contributed by atoms with Crippen molar-refractivity contribution in [2.24, 2.45) is 7.05 Å². The van der Waals surface area contributed by atoms with Crippen molar-refractivity contribution >= 4 is 12.1 Å². The van der Waals surface area contributed by atoms with Crippen molar-refractivity contribution in [3.05, 3.63) is 42.2 Å². The normalized spacial score (nSPS) is 9.52. The molecule has 0 spiro atoms. The van der Waals surface area contributed by atoms with Crippen LogP contribution in [0.1, 0.15) is 45.6 Å². The average molecular weight is 310 g/mol. The molecule has 2 aromatic rings. The molecule has 0 aliphatic heterocycles. The molecule has 0 unspecified atom stereocenters. The van der Waals surface area contributed by atoms with E-state index in [2.05, 4.69) is 61.5 Å². The Morgan fingerprint density at radius 3 is 2.19 bits per heavy atom. The SMILES string of the molecule is CC(C)c1ccccc1-c1nccn1C.CCC.CSF. The molecule has 0 bridgehead atoms. The third kappa shape index (κ3) is 6.80. The first-order valence-electron chi connectivity index (χ1n) is 7.24. The zero-order valence-corrected chi connectivity index (χ0v) is 14.7. The average Bonchev–Trinajstić information content (AvgIpc) is 2.86. The molecular weight excluding hydrogens is 283 g/mol. The summed E-state index contributed by atoms with van der Waals surface area (Å²) in [7, 11) is 2.03. The summed E-state index contributed by atoms with van der Waals surface area (Å²) in [5.41, 5.74) is 2.59. The zero-order valence-electron chi connectivity index (χ0n) is 13.9. The molecule has 0 saturated carbocycles. The van der Waals surface area contributed by atoms with Gasteiger partial charge in [-0.2, -0.15) is 3.89 Å². The Bertz CT molecular complexity index is 493. The van der Waals surface area contributed by atoms with E-state index in [0.29, 0.717) is 5.92 Å². The van der Waals surface area contributed by atoms with E-state index in [-0.39, 0.29) is 12.1 Å². The summed E-state index contributed by atoms with van der Waals surface area (Å²) in [6.45, 7) is 8.67. The highest BCUT2D eigenvalue weighted by molar-refractivity contribution is 7.93. The Hall–Kier alpha value is -1.29. The van der Waals surface area contributed by atoms with Crippen LogP contribution in [0, 0.1) is 0 Å². The maximum atomic E-state index is 10.2. The zero-order chi connectivity index (χ0) is 16.3. The Balaban J connectivity index is 0.000000578. The van der Waals surface area contributed by atoms with E-state index >= 15 is 0 Å². The lowest BCUT2D eigenvalue weighted by Crippen LogP contribution is -1.97. The number of nitrogens with zero attached hydrogens (tertiary/aromatic N) is 2. The fourth-order valence-electron chi connectivity index (χ4n) is 1.83. The van der Waals surface area contributed by atoms with Gasteiger partial charge in [-0.3, -0.25) is 0 Å². The van der Waals surface area contributed by atoms with Gasteiger partial charge in [0.25, 0.3) is 0 Å². The van der Waals surface area contributed by atoms with Gasteiger partial charge in [0.05, 0.1) is 0 Å². The smallest absolute Gasteiger partial charge is 0.139 e. The molecule has 1 aromatic carbocycles. The van der Waals surface area contributed by atoms with E-state index in [4.69, 9.17) is 0 Å². The van der Waals surface area contributed by atoms with E-state index in [0.717, 1.165) is 5.82 Å². The first kappa shape index (κ1) is 19.7. The van der Waals surface area contributed by atoms with E-state index in [1.54, 1.807) is 0 Å². The number of hydrogen-bond acceptors (Lipinski definition) is 2. The number of halogens is 1. The van der Waals surface area contributed by atoms with Gasteiger partial charge >= 0.3 is 0 Å². The van der Waals surface area contributed by atoms with Crippen molar-refractivity contribution in [1.82, 2.24) is 9.55 Å². The number of imidazole rings is 1. The summed E-state index contributed by atoms with van der Waals surface area (Å²) < 4.78 is 12.3. The summed E-state index contributed by atoms with van der Waals surface area (Å²) >= 11 is 0.250. The second-order valence-corrected chi connectivity index (χ2v) is 5.27. The molecule has 21 heavy (non-hydrogen) atoms. The summed E-state index contributed by atoms with van der Waals surface area (Å²) in [6, 6.07) is 8.46. The second kappa shape index (κ2) is 11.4. The molecule has 1 aromatic heterocycles. The van der Waals surface area contributed by atoms with E-state index < -0.39 is 0 Å². The highest BCUT2D eigenvalue weighted by Gasteiger charge is 2.10. The van der Waals surface area contributed by atoms with E-state index in [1.165, 1.54) is 23.8 Å². The quantitative estimate of drug-likeness (QED) is 0.691. The highest BCUT2D eigenvalue weighted by atomic mass is 32.2. The minimum Gasteiger partial charge on any atom is -0.334 e. The molecule has 0 aliphatic rings. The molecule has 118 valence electrons. The molecule has 0 radical (unpaired) electrons. The second-order valence-electron chi connectivity index (χ2n) is 4.97. The third-order valence-electron chi connectivity index (χ3n) is 2.64. The molecule has 0 saturated heterocycles. The van der Waals surface area contributed by atoms with E-state index in [9.17, 15) is 3.89 Å². The van der Waals surface area contributed by atoms with Gasteiger partial charge < -0.3 is 4.57 Å². The summed E-state index contributed by atoms with van der Waals surface area (Å²) in [4.78, 5) is 4.39. The minimum atomic E-state index is 0.250. The van der Waals surface area contributed by atoms with Gasteiger partial charge in [0.2, 0.25) is 0 Å². The van der Waals surface area contributed by atoms with Crippen LogP contribution in [0.3, 0.4) is 0 Å². The fourth-order valence-corrected chi connectivity index (χ4v) is 1.83. The van der Waals surface area contributed by atoms with Crippen molar-refractivity contribution in [3.8, 4) is 11.4 Å². The van der Waals surface area contributed by atoms with Crippen LogP contribution in [0.2, 0.25) is 0 Å². The molecule has 1 heterocycles. The van der Waals surface area contributed by atoms with Crippen molar-refractivity contribution in [2.75, 3.05) is 6.26 Å². The van der Waals surface area contributed by atoms with E-state index in [1.807, 2.05) is 19.4 Å². The predicted octanol–water partition coefficient (Wildman–Crippen LogP) is 5.86. The fraction of sp³-hybridized carbons (Fsp3) is 0.471. The highest BCUT2D eigenvalue weighted by Crippen LogP contribution is 2.27. The Kier molecular flexibility index (Phi) is 10.7. The van der Waals surface area contributed by atoms with Crippen LogP contribution < -0.4 is 0 Å². The molecule has 0 fully saturated rings. The first-order chi connectivity index (χ1) is 10.0. The van der Waals surface area contributed by atoms with Crippen molar-refractivity contribution in [1.29, 1.82) is 0 Å². The molecule has 0 aliphatic carbocycles. The summed E-state index contributed by atoms with van der Waals surface area (Å²) in [5, 5.41) is 0. The lowest BCUT2D eigenvalue weighted by atomic mass is 9.97. The number of aryl methyl sites for hydroxylation is 1. The maximum Gasteiger partial charge on any atom is 0.139 e. The molecular formula is C17H27FN2S. The Morgan fingerprint density at radius 2 is 1.76 bits per heavy atom. The number of aromatic nitrogens is 2. The van der Waals surface area contributed by atoms with Gasteiger partial charge in [0, 0.05) is 43.4 Å². The van der Waals surface area contributed by atoms with Gasteiger partial charge in [-0.25, -0.2) is 4.98 Å². The Morgan fingerprint density at radius 1 is 1.24 bits per heavy atom. The number of rotatable bonds is 2. The van der Waals surface area contributed by atoms with Gasteiger partial charge in [-0.05, 0) is 11.5 Å². The van der Waals surface area contributed by atoms with Crippen LogP contribution in [0.25, 0.3) is 11.4 Å². The van der Waals surface area contributed by atoms with Gasteiger partial charge in [-0.15, -0.1) is 0 Å². The lowest BCUT2D eigenvalue weighted by Gasteiger charge is -2.11. The van der Waals surface area contributed by atoms with Crippen LogP contribution in [0.4, 0.5) is 3.89 Å². The lowest BCUT2D eigenvalue weighted by molar-refractivity contribution is 0.857. The summed E-state index contributed by atoms with van der Waals surface area (Å²) in [5.74, 6) is 1.57. The van der Waals surface area contributed by atoms with Gasteiger partial charge in [-0.1, -0.05) is 58.4 Å². The predicted molar refractivity (Wildman–Crippen MR) is 93.3 cm³/mol. The minimum absolute atomic E-state index is 0.250.